The van der Waals surface area contributed by atoms with Crippen LogP contribution < -0.4 is 4.18 Å². The van der Waals surface area contributed by atoms with Crippen LogP contribution in [0, 0.1) is 42.4 Å². The van der Waals surface area contributed by atoms with Crippen molar-refractivity contribution in [3.63, 3.8) is 0 Å². The fraction of sp³-hybridized carbons (Fsp3) is 0.273. The van der Waals surface area contributed by atoms with Gasteiger partial charge in [-0.15, -0.1) is 0 Å². The van der Waals surface area contributed by atoms with Crippen LogP contribution in [0.3, 0.4) is 0 Å². The molecule has 3 aromatic carbocycles. The van der Waals surface area contributed by atoms with E-state index in [2.05, 4.69) is 0 Å². The van der Waals surface area contributed by atoms with Gasteiger partial charge in [-0.2, -0.15) is 13.4 Å². The van der Waals surface area contributed by atoms with Gasteiger partial charge >= 0.3 is 10.1 Å². The van der Waals surface area contributed by atoms with E-state index in [1.165, 1.54) is 60.7 Å². The van der Waals surface area contributed by atoms with Crippen LogP contribution in [-0.2, 0) is 19.7 Å². The number of halogens is 1. The maximum absolute atomic E-state index is 13.8. The zero-order valence-corrected chi connectivity index (χ0v) is 25.1. The Morgan fingerprint density at radius 2 is 1.39 bits per heavy atom. The summed E-state index contributed by atoms with van der Waals surface area (Å²) in [4.78, 5) is 55.0. The van der Waals surface area contributed by atoms with Crippen LogP contribution in [0.5, 0.6) is 5.75 Å². The van der Waals surface area contributed by atoms with Crippen molar-refractivity contribution in [2.45, 2.75) is 18.2 Å². The quantitative estimate of drug-likeness (QED) is 0.153. The Morgan fingerprint density at radius 1 is 0.841 bits per heavy atom. The number of benzene rings is 3. The minimum Gasteiger partial charge on any atom is -0.379 e. The lowest BCUT2D eigenvalue weighted by molar-refractivity contribution is -0.154. The van der Waals surface area contributed by atoms with Crippen LogP contribution in [0.4, 0.5) is 0 Å². The third kappa shape index (κ3) is 4.73. The van der Waals surface area contributed by atoms with E-state index in [-0.39, 0.29) is 33.6 Å². The molecule has 0 unspecified atom stereocenters. The van der Waals surface area contributed by atoms with Gasteiger partial charge in [0, 0.05) is 16.1 Å². The number of imide groups is 1. The molecule has 3 aromatic rings. The number of Topliss-reactive ketones (excluding diaryl/α,β-unsaturated/α-hetero) is 1. The van der Waals surface area contributed by atoms with Crippen molar-refractivity contribution in [3.05, 3.63) is 107 Å². The number of aryl methyl sites for hydroxylation is 1. The molecule has 0 spiro atoms. The Labute approximate surface area is 259 Å². The highest BCUT2D eigenvalue weighted by molar-refractivity contribution is 7.87. The topological polar surface area (TPSA) is 118 Å². The molecule has 6 atom stereocenters. The number of nitrogens with zero attached hydrogens (tertiary/aromatic N) is 2. The molecule has 8 rings (SSSR count). The summed E-state index contributed by atoms with van der Waals surface area (Å²) in [5, 5.41) is 2.22. The molecule has 1 saturated heterocycles. The van der Waals surface area contributed by atoms with Crippen molar-refractivity contribution < 1.29 is 31.8 Å². The Kier molecular flexibility index (Phi) is 6.75. The number of amides is 3. The molecule has 1 heterocycles. The number of hydrogen-bond acceptors (Lipinski definition) is 7. The van der Waals surface area contributed by atoms with E-state index in [1.54, 1.807) is 12.1 Å². The lowest BCUT2D eigenvalue weighted by atomic mass is 9.63. The van der Waals surface area contributed by atoms with E-state index >= 15 is 0 Å². The number of hydrogen-bond donors (Lipinski definition) is 0. The summed E-state index contributed by atoms with van der Waals surface area (Å²) in [6.45, 7) is 1.25. The van der Waals surface area contributed by atoms with E-state index in [4.69, 9.17) is 15.8 Å². The highest BCUT2D eigenvalue weighted by Crippen LogP contribution is 2.65. The van der Waals surface area contributed by atoms with Crippen LogP contribution >= 0.6 is 11.6 Å². The maximum atomic E-state index is 13.8. The largest absolute Gasteiger partial charge is 0.379 e. The van der Waals surface area contributed by atoms with Gasteiger partial charge in [0.25, 0.3) is 17.7 Å². The summed E-state index contributed by atoms with van der Waals surface area (Å²) in [7, 11) is -4.10. The molecule has 2 bridgehead atoms. The summed E-state index contributed by atoms with van der Waals surface area (Å²) in [6, 6.07) is 17.6. The maximum Gasteiger partial charge on any atom is 0.339 e. The fourth-order valence-electron chi connectivity index (χ4n) is 6.96. The van der Waals surface area contributed by atoms with Crippen LogP contribution in [0.15, 0.2) is 89.8 Å². The van der Waals surface area contributed by atoms with Crippen molar-refractivity contribution in [2.24, 2.45) is 35.5 Å². The lowest BCUT2D eigenvalue weighted by Crippen LogP contribution is -2.52. The summed E-state index contributed by atoms with van der Waals surface area (Å²) >= 11 is 6.01. The van der Waals surface area contributed by atoms with Crippen LogP contribution in [0.2, 0.25) is 5.02 Å². The number of rotatable bonds is 8. The van der Waals surface area contributed by atoms with Crippen molar-refractivity contribution in [1.82, 2.24) is 10.0 Å². The Bertz CT molecular complexity index is 1800. The van der Waals surface area contributed by atoms with Crippen molar-refractivity contribution in [1.29, 1.82) is 0 Å². The van der Waals surface area contributed by atoms with Gasteiger partial charge in [-0.25, -0.2) is 5.01 Å². The Morgan fingerprint density at radius 3 is 1.95 bits per heavy atom. The fourth-order valence-corrected chi connectivity index (χ4v) is 8.01. The van der Waals surface area contributed by atoms with E-state index in [1.807, 2.05) is 19.1 Å². The molecule has 1 aliphatic heterocycles. The smallest absolute Gasteiger partial charge is 0.339 e. The Balaban J connectivity index is 1.14. The SMILES string of the molecule is Cc1ccc(S(=O)(=O)Oc2ccc(C(=O)CN(C(=O)c3ccc(Cl)cc3)N3C(=O)[C@@H]4[C@H]5C=C[C@@H]([C@@H]6C[C@@H]56)[C@H]4C3=O)cc2)cc1. The minimum absolute atomic E-state index is 0.00765. The van der Waals surface area contributed by atoms with E-state index in [0.717, 1.165) is 22.0 Å². The van der Waals surface area contributed by atoms with Crippen LogP contribution in [0.1, 0.15) is 32.7 Å². The molecule has 9 nitrogen and oxygen atoms in total. The summed E-state index contributed by atoms with van der Waals surface area (Å²) in [6.07, 6.45) is 5.07. The molecule has 4 aliphatic carbocycles. The van der Waals surface area contributed by atoms with Gasteiger partial charge in [0.05, 0.1) is 11.8 Å². The first kappa shape index (κ1) is 28.5. The normalized spacial score (nSPS) is 26.3. The first-order valence-corrected chi connectivity index (χ1v) is 16.1. The molecule has 0 aromatic heterocycles. The number of hydrazine groups is 1. The average molecular weight is 631 g/mol. The second-order valence-electron chi connectivity index (χ2n) is 11.8. The second kappa shape index (κ2) is 10.4. The first-order valence-electron chi connectivity index (χ1n) is 14.3. The predicted molar refractivity (Wildman–Crippen MR) is 159 cm³/mol. The van der Waals surface area contributed by atoms with Crippen LogP contribution in [-0.4, -0.2) is 48.5 Å². The standard InChI is InChI=1S/C33H27ClN2O7S/c1-18-2-12-23(13-3-18)44(41,42)43-22-10-6-19(7-11-22)28(37)17-35(31(38)20-4-8-21(34)9-5-20)36-32(39)29-24-14-15-25(27-16-26(24)27)30(29)33(36)40/h2-15,24-27,29-30H,16-17H2,1H3/t24-,25-,26-,27-,29+,30+/m0/s1. The highest BCUT2D eigenvalue weighted by atomic mass is 35.5. The van der Waals surface area contributed by atoms with Crippen molar-refractivity contribution in [3.8, 4) is 5.75 Å². The zero-order valence-electron chi connectivity index (χ0n) is 23.5. The van der Waals surface area contributed by atoms with Gasteiger partial charge in [-0.05, 0) is 97.7 Å². The first-order chi connectivity index (χ1) is 21.0. The summed E-state index contributed by atoms with van der Waals surface area (Å²) < 4.78 is 30.6. The van der Waals surface area contributed by atoms with Gasteiger partial charge < -0.3 is 4.18 Å². The molecule has 2 saturated carbocycles. The number of carbonyl (C=O) groups is 4. The molecule has 11 heteroatoms. The molecule has 3 fully saturated rings. The van der Waals surface area contributed by atoms with Gasteiger partial charge in [0.1, 0.15) is 17.2 Å². The predicted octanol–water partition coefficient (Wildman–Crippen LogP) is 4.71. The van der Waals surface area contributed by atoms with E-state index in [0.29, 0.717) is 16.9 Å². The van der Waals surface area contributed by atoms with Gasteiger partial charge in [0.15, 0.2) is 5.78 Å². The molecule has 0 radical (unpaired) electrons. The third-order valence-electron chi connectivity index (χ3n) is 9.19. The zero-order chi connectivity index (χ0) is 30.9. The average Bonchev–Trinajstić information content (AvgIpc) is 3.79. The minimum atomic E-state index is -4.10. The molecule has 224 valence electrons. The second-order valence-corrected chi connectivity index (χ2v) is 13.8. The van der Waals surface area contributed by atoms with Crippen molar-refractivity contribution >= 4 is 45.2 Å². The number of allylic oxidation sites excluding steroid dienone is 2. The molecular weight excluding hydrogens is 604 g/mol. The molecule has 44 heavy (non-hydrogen) atoms. The van der Waals surface area contributed by atoms with E-state index < -0.39 is 52.0 Å². The molecule has 0 N–H and O–H groups in total. The molecule has 5 aliphatic rings. The monoisotopic (exact) mass is 630 g/mol. The molecule has 3 amide bonds. The highest BCUT2D eigenvalue weighted by Gasteiger charge is 2.68. The summed E-state index contributed by atoms with van der Waals surface area (Å²) in [5.41, 5.74) is 1.19. The number of ketones is 1. The van der Waals surface area contributed by atoms with Crippen molar-refractivity contribution in [2.75, 3.05) is 6.54 Å². The van der Waals surface area contributed by atoms with Crippen LogP contribution in [0.25, 0.3) is 0 Å². The third-order valence-corrected chi connectivity index (χ3v) is 10.7. The molecular formula is C33H27ClN2O7S. The summed E-state index contributed by atoms with van der Waals surface area (Å²) in [5.74, 6) is -2.65. The lowest BCUT2D eigenvalue weighted by Gasteiger charge is -2.37. The van der Waals surface area contributed by atoms with Gasteiger partial charge in [-0.1, -0.05) is 41.4 Å². The Hall–Kier alpha value is -4.28. The van der Waals surface area contributed by atoms with E-state index in [9.17, 15) is 27.6 Å². The van der Waals surface area contributed by atoms with Gasteiger partial charge in [0.2, 0.25) is 0 Å². The van der Waals surface area contributed by atoms with Gasteiger partial charge in [-0.3, -0.25) is 19.2 Å². The number of carbonyl (C=O) groups excluding carboxylic acids is 4.